The van der Waals surface area contributed by atoms with Crippen LogP contribution in [0.4, 0.5) is 0 Å². The van der Waals surface area contributed by atoms with Crippen LogP contribution in [0.15, 0.2) is 29.3 Å². The van der Waals surface area contributed by atoms with Crippen molar-refractivity contribution in [1.29, 1.82) is 0 Å². The molecule has 1 saturated heterocycles. The van der Waals surface area contributed by atoms with Crippen molar-refractivity contribution in [1.82, 2.24) is 4.90 Å². The van der Waals surface area contributed by atoms with Gasteiger partial charge in [-0.3, -0.25) is 4.99 Å². The maximum absolute atomic E-state index is 5.94. The zero-order valence-electron chi connectivity index (χ0n) is 12.5. The molecule has 0 atom stereocenters. The number of ether oxygens (including phenoxy) is 3. The van der Waals surface area contributed by atoms with Crippen molar-refractivity contribution >= 4 is 5.96 Å². The number of hydrogen-bond acceptors (Lipinski definition) is 4. The summed E-state index contributed by atoms with van der Waals surface area (Å²) in [7, 11) is 1.64. The van der Waals surface area contributed by atoms with Crippen LogP contribution in [0.25, 0.3) is 0 Å². The summed E-state index contributed by atoms with van der Waals surface area (Å²) in [6.07, 6.45) is 0.822. The van der Waals surface area contributed by atoms with Gasteiger partial charge in [0.2, 0.25) is 0 Å². The summed E-state index contributed by atoms with van der Waals surface area (Å²) in [5.41, 5.74) is 5.94. The first-order valence-corrected chi connectivity index (χ1v) is 7.19. The van der Waals surface area contributed by atoms with Gasteiger partial charge in [0.1, 0.15) is 11.5 Å². The Bertz CT molecular complexity index is 459. The van der Waals surface area contributed by atoms with Crippen molar-refractivity contribution < 1.29 is 14.2 Å². The summed E-state index contributed by atoms with van der Waals surface area (Å²) >= 11 is 0. The second-order valence-corrected chi connectivity index (χ2v) is 4.72. The summed E-state index contributed by atoms with van der Waals surface area (Å²) in [5.74, 6) is 2.20. The van der Waals surface area contributed by atoms with E-state index in [4.69, 9.17) is 19.9 Å². The summed E-state index contributed by atoms with van der Waals surface area (Å²) in [6.45, 7) is 4.33. The first kappa shape index (κ1) is 15.4. The van der Waals surface area contributed by atoms with E-state index in [0.29, 0.717) is 19.1 Å². The number of methoxy groups -OCH3 is 1. The van der Waals surface area contributed by atoms with Crippen molar-refractivity contribution in [3.05, 3.63) is 24.3 Å². The quantitative estimate of drug-likeness (QED) is 0.483. The fraction of sp³-hybridized carbons (Fsp3) is 0.533. The molecule has 6 heteroatoms. The largest absolute Gasteiger partial charge is 0.497 e. The Kier molecular flexibility index (Phi) is 6.15. The monoisotopic (exact) mass is 293 g/mol. The zero-order chi connectivity index (χ0) is 14.9. The van der Waals surface area contributed by atoms with Gasteiger partial charge in [0, 0.05) is 32.1 Å². The van der Waals surface area contributed by atoms with E-state index < -0.39 is 0 Å². The zero-order valence-corrected chi connectivity index (χ0v) is 12.5. The van der Waals surface area contributed by atoms with Gasteiger partial charge < -0.3 is 24.8 Å². The molecule has 1 heterocycles. The lowest BCUT2D eigenvalue weighted by Gasteiger charge is -2.27. The average Bonchev–Trinajstić information content (AvgIpc) is 2.55. The van der Waals surface area contributed by atoms with Gasteiger partial charge in [-0.2, -0.15) is 0 Å². The van der Waals surface area contributed by atoms with Crippen LogP contribution in [0.2, 0.25) is 0 Å². The van der Waals surface area contributed by atoms with Crippen LogP contribution in [0.5, 0.6) is 11.5 Å². The minimum Gasteiger partial charge on any atom is -0.497 e. The van der Waals surface area contributed by atoms with Crippen molar-refractivity contribution in [2.75, 3.05) is 46.6 Å². The fourth-order valence-electron chi connectivity index (χ4n) is 2.03. The number of hydrogen-bond donors (Lipinski definition) is 1. The third-order valence-electron chi connectivity index (χ3n) is 3.22. The van der Waals surface area contributed by atoms with Crippen LogP contribution in [0, 0.1) is 0 Å². The highest BCUT2D eigenvalue weighted by molar-refractivity contribution is 5.78. The molecule has 0 amide bonds. The first-order valence-electron chi connectivity index (χ1n) is 7.19. The first-order chi connectivity index (χ1) is 10.3. The van der Waals surface area contributed by atoms with Crippen molar-refractivity contribution in [3.8, 4) is 11.5 Å². The molecule has 6 nitrogen and oxygen atoms in total. The van der Waals surface area contributed by atoms with Crippen molar-refractivity contribution in [2.45, 2.75) is 6.42 Å². The molecule has 1 aliphatic heterocycles. The highest BCUT2D eigenvalue weighted by atomic mass is 16.5. The topological polar surface area (TPSA) is 69.3 Å². The van der Waals surface area contributed by atoms with E-state index in [1.54, 1.807) is 7.11 Å². The predicted molar refractivity (Wildman–Crippen MR) is 82.0 cm³/mol. The summed E-state index contributed by atoms with van der Waals surface area (Å²) in [4.78, 5) is 6.42. The van der Waals surface area contributed by atoms with E-state index in [-0.39, 0.29) is 0 Å². The number of guanidine groups is 1. The van der Waals surface area contributed by atoms with Crippen LogP contribution in [0.3, 0.4) is 0 Å². The van der Waals surface area contributed by atoms with Gasteiger partial charge in [0.05, 0.1) is 26.9 Å². The minimum absolute atomic E-state index is 0.597. The Morgan fingerprint density at radius 1 is 1.33 bits per heavy atom. The van der Waals surface area contributed by atoms with E-state index in [9.17, 15) is 0 Å². The molecule has 0 bridgehead atoms. The van der Waals surface area contributed by atoms with Gasteiger partial charge in [0.25, 0.3) is 0 Å². The second kappa shape index (κ2) is 8.36. The molecular formula is C15H23N3O3. The molecule has 0 spiro atoms. The molecule has 1 fully saturated rings. The highest BCUT2D eigenvalue weighted by Crippen LogP contribution is 2.18. The smallest absolute Gasteiger partial charge is 0.191 e. The molecular weight excluding hydrogens is 270 g/mol. The molecule has 21 heavy (non-hydrogen) atoms. The Morgan fingerprint density at radius 3 is 2.86 bits per heavy atom. The molecule has 1 aromatic carbocycles. The Balaban J connectivity index is 1.66. The van der Waals surface area contributed by atoms with Crippen LogP contribution < -0.4 is 15.2 Å². The Morgan fingerprint density at radius 2 is 2.10 bits per heavy atom. The predicted octanol–water partition coefficient (Wildman–Crippen LogP) is 1.11. The number of nitrogens with zero attached hydrogens (tertiary/aromatic N) is 2. The molecule has 0 radical (unpaired) electrons. The van der Waals surface area contributed by atoms with E-state index in [0.717, 1.165) is 44.2 Å². The van der Waals surface area contributed by atoms with Crippen LogP contribution in [-0.2, 0) is 4.74 Å². The lowest BCUT2D eigenvalue weighted by molar-refractivity contribution is 0.0674. The number of aliphatic imine (C=N–C) groups is 1. The van der Waals surface area contributed by atoms with E-state index in [2.05, 4.69) is 4.99 Å². The van der Waals surface area contributed by atoms with Gasteiger partial charge >= 0.3 is 0 Å². The molecule has 0 saturated carbocycles. The van der Waals surface area contributed by atoms with Gasteiger partial charge in [0.15, 0.2) is 5.96 Å². The molecule has 0 unspecified atom stereocenters. The van der Waals surface area contributed by atoms with Gasteiger partial charge in [-0.15, -0.1) is 0 Å². The molecule has 116 valence electrons. The molecule has 0 aliphatic carbocycles. The third kappa shape index (κ3) is 5.15. The lowest BCUT2D eigenvalue weighted by Crippen LogP contribution is -2.44. The van der Waals surface area contributed by atoms with Crippen LogP contribution in [0.1, 0.15) is 6.42 Å². The van der Waals surface area contributed by atoms with E-state index >= 15 is 0 Å². The second-order valence-electron chi connectivity index (χ2n) is 4.72. The van der Waals surface area contributed by atoms with E-state index in [1.807, 2.05) is 29.2 Å². The number of rotatable bonds is 6. The third-order valence-corrected chi connectivity index (χ3v) is 3.22. The Hall–Kier alpha value is -1.95. The number of benzene rings is 1. The normalized spacial score (nSPS) is 15.9. The number of nitrogens with two attached hydrogens (primary N) is 1. The van der Waals surface area contributed by atoms with E-state index in [1.165, 1.54) is 0 Å². The SMILES string of the molecule is COc1cccc(OCCCN=C(N)N2CCOCC2)c1. The summed E-state index contributed by atoms with van der Waals surface area (Å²) in [6, 6.07) is 7.57. The lowest BCUT2D eigenvalue weighted by atomic mass is 10.3. The maximum atomic E-state index is 5.94. The molecule has 1 aromatic rings. The van der Waals surface area contributed by atoms with Crippen molar-refractivity contribution in [2.24, 2.45) is 10.7 Å². The maximum Gasteiger partial charge on any atom is 0.191 e. The van der Waals surface area contributed by atoms with Gasteiger partial charge in [-0.05, 0) is 12.1 Å². The molecule has 1 aliphatic rings. The highest BCUT2D eigenvalue weighted by Gasteiger charge is 2.11. The summed E-state index contributed by atoms with van der Waals surface area (Å²) < 4.78 is 16.1. The van der Waals surface area contributed by atoms with Crippen molar-refractivity contribution in [3.63, 3.8) is 0 Å². The molecule has 2 N–H and O–H groups in total. The average molecular weight is 293 g/mol. The van der Waals surface area contributed by atoms with Crippen LogP contribution in [-0.4, -0.2) is 57.4 Å². The van der Waals surface area contributed by atoms with Crippen LogP contribution >= 0.6 is 0 Å². The van der Waals surface area contributed by atoms with Gasteiger partial charge in [-0.25, -0.2) is 0 Å². The molecule has 0 aromatic heterocycles. The standard InChI is InChI=1S/C15H23N3O3/c1-19-13-4-2-5-14(12-13)21-9-3-6-17-15(16)18-7-10-20-11-8-18/h2,4-5,12H,3,6-11H2,1H3,(H2,16,17). The minimum atomic E-state index is 0.597. The van der Waals surface area contributed by atoms with Gasteiger partial charge in [-0.1, -0.05) is 6.07 Å². The Labute approximate surface area is 125 Å². The summed E-state index contributed by atoms with van der Waals surface area (Å²) in [5, 5.41) is 0. The molecule has 2 rings (SSSR count). The fourth-order valence-corrected chi connectivity index (χ4v) is 2.03. The number of morpholine rings is 1.